The van der Waals surface area contributed by atoms with Gasteiger partial charge in [0.2, 0.25) is 5.91 Å². The zero-order valence-corrected chi connectivity index (χ0v) is 17.6. The molecule has 0 aliphatic carbocycles. The molecule has 1 aliphatic heterocycles. The summed E-state index contributed by atoms with van der Waals surface area (Å²) in [5, 5.41) is 1.20. The Kier molecular flexibility index (Phi) is 5.20. The second-order valence-corrected chi connectivity index (χ2v) is 8.15. The summed E-state index contributed by atoms with van der Waals surface area (Å²) in [4.78, 5) is 31.5. The number of aromatic amines is 1. The van der Waals surface area contributed by atoms with Crippen molar-refractivity contribution in [1.29, 1.82) is 0 Å². The van der Waals surface area contributed by atoms with Crippen LogP contribution in [0.25, 0.3) is 22.0 Å². The van der Waals surface area contributed by atoms with E-state index in [0.29, 0.717) is 6.42 Å². The number of hydrogen-bond donors (Lipinski definition) is 1. The molecule has 3 aromatic heterocycles. The van der Waals surface area contributed by atoms with E-state index in [1.807, 2.05) is 48.6 Å². The number of rotatable bonds is 5. The summed E-state index contributed by atoms with van der Waals surface area (Å²) in [5.41, 5.74) is 6.21. The zero-order valence-electron chi connectivity index (χ0n) is 17.6. The minimum atomic E-state index is 0.0266. The third kappa shape index (κ3) is 3.93. The third-order valence-electron chi connectivity index (χ3n) is 6.06. The van der Waals surface area contributed by atoms with Gasteiger partial charge in [0.25, 0.3) is 0 Å². The molecular formula is C25H25N5O. The number of H-pyrrole nitrogens is 1. The van der Waals surface area contributed by atoms with Crippen LogP contribution in [-0.2, 0) is 11.2 Å². The van der Waals surface area contributed by atoms with Crippen LogP contribution in [0.1, 0.15) is 42.3 Å². The summed E-state index contributed by atoms with van der Waals surface area (Å²) in [6, 6.07) is 12.4. The maximum atomic E-state index is 13.2. The number of likely N-dealkylation sites (tertiary alicyclic amines) is 1. The molecule has 0 spiro atoms. The minimum absolute atomic E-state index is 0.0266. The van der Waals surface area contributed by atoms with E-state index in [1.165, 1.54) is 17.3 Å². The van der Waals surface area contributed by atoms with E-state index in [9.17, 15) is 4.79 Å². The lowest BCUT2D eigenvalue weighted by atomic mass is 10.0. The number of pyridine rings is 1. The smallest absolute Gasteiger partial charge is 0.223 e. The third-order valence-corrected chi connectivity index (χ3v) is 6.06. The Morgan fingerprint density at radius 1 is 1.16 bits per heavy atom. The van der Waals surface area contributed by atoms with E-state index >= 15 is 0 Å². The summed E-state index contributed by atoms with van der Waals surface area (Å²) in [6.45, 7) is 2.78. The second kappa shape index (κ2) is 8.30. The number of nitrogens with zero attached hydrogens (tertiary/aromatic N) is 4. The van der Waals surface area contributed by atoms with Crippen molar-refractivity contribution in [3.8, 4) is 11.1 Å². The molecule has 156 valence electrons. The molecule has 1 fully saturated rings. The van der Waals surface area contributed by atoms with E-state index in [0.717, 1.165) is 53.8 Å². The molecule has 1 N–H and O–H groups in total. The largest absolute Gasteiger partial charge is 0.361 e. The molecule has 0 radical (unpaired) electrons. The van der Waals surface area contributed by atoms with Gasteiger partial charge >= 0.3 is 0 Å². The molecule has 0 bridgehead atoms. The molecule has 6 nitrogen and oxygen atoms in total. The molecule has 5 rings (SSSR count). The molecule has 1 amide bonds. The molecule has 6 heteroatoms. The molecule has 0 saturated carbocycles. The van der Waals surface area contributed by atoms with Crippen LogP contribution in [-0.4, -0.2) is 37.3 Å². The van der Waals surface area contributed by atoms with E-state index in [2.05, 4.69) is 33.2 Å². The molecule has 1 aliphatic rings. The van der Waals surface area contributed by atoms with Crippen molar-refractivity contribution < 1.29 is 4.79 Å². The number of fused-ring (bicyclic) bond motifs is 1. The fourth-order valence-electron chi connectivity index (χ4n) is 4.58. The maximum absolute atomic E-state index is 13.2. The van der Waals surface area contributed by atoms with Gasteiger partial charge in [0.1, 0.15) is 6.33 Å². The highest BCUT2D eigenvalue weighted by Crippen LogP contribution is 2.34. The molecule has 0 unspecified atom stereocenters. The van der Waals surface area contributed by atoms with Crippen molar-refractivity contribution in [2.45, 2.75) is 38.6 Å². The normalized spacial score (nSPS) is 16.2. The highest BCUT2D eigenvalue weighted by molar-refractivity contribution is 5.84. The van der Waals surface area contributed by atoms with Crippen LogP contribution in [0.2, 0.25) is 0 Å². The summed E-state index contributed by atoms with van der Waals surface area (Å²) >= 11 is 0. The van der Waals surface area contributed by atoms with E-state index in [1.54, 1.807) is 0 Å². The monoisotopic (exact) mass is 411 g/mol. The minimum Gasteiger partial charge on any atom is -0.361 e. The lowest BCUT2D eigenvalue weighted by Crippen LogP contribution is -2.31. The lowest BCUT2D eigenvalue weighted by molar-refractivity contribution is -0.132. The topological polar surface area (TPSA) is 74.8 Å². The van der Waals surface area contributed by atoms with Gasteiger partial charge in [-0.1, -0.05) is 18.2 Å². The van der Waals surface area contributed by atoms with Gasteiger partial charge in [0, 0.05) is 53.7 Å². The molecule has 1 saturated heterocycles. The number of carbonyl (C=O) groups is 1. The summed E-state index contributed by atoms with van der Waals surface area (Å²) < 4.78 is 0. The van der Waals surface area contributed by atoms with Crippen molar-refractivity contribution in [2.24, 2.45) is 0 Å². The molecule has 1 atom stereocenters. The lowest BCUT2D eigenvalue weighted by Gasteiger charge is -2.25. The van der Waals surface area contributed by atoms with Crippen LogP contribution in [0.3, 0.4) is 0 Å². The number of para-hydroxylation sites is 1. The number of amides is 1. The van der Waals surface area contributed by atoms with Gasteiger partial charge in [-0.25, -0.2) is 9.97 Å². The van der Waals surface area contributed by atoms with Gasteiger partial charge in [0.05, 0.1) is 11.7 Å². The molecule has 4 heterocycles. The first-order valence-electron chi connectivity index (χ1n) is 10.8. The van der Waals surface area contributed by atoms with Crippen LogP contribution in [0.4, 0.5) is 0 Å². The highest BCUT2D eigenvalue weighted by atomic mass is 16.2. The molecule has 31 heavy (non-hydrogen) atoms. The Bertz CT molecular complexity index is 1220. The first kappa shape index (κ1) is 19.4. The number of carbonyl (C=O) groups excluding carboxylic acids is 1. The van der Waals surface area contributed by atoms with Crippen molar-refractivity contribution >= 4 is 16.8 Å². The van der Waals surface area contributed by atoms with E-state index in [4.69, 9.17) is 4.98 Å². The van der Waals surface area contributed by atoms with Gasteiger partial charge in [-0.2, -0.15) is 0 Å². The molecule has 1 aromatic carbocycles. The number of aryl methyl sites for hydroxylation is 2. The SMILES string of the molecule is Cc1cc(-c2cncnc2)cc([C@H]2CCCN2C(=O)CCc2c[nH]c3ccccc23)n1. The van der Waals surface area contributed by atoms with E-state index < -0.39 is 0 Å². The fraction of sp³-hybridized carbons (Fsp3) is 0.280. The van der Waals surface area contributed by atoms with Crippen LogP contribution >= 0.6 is 0 Å². The van der Waals surface area contributed by atoms with Crippen molar-refractivity contribution in [3.63, 3.8) is 0 Å². The van der Waals surface area contributed by atoms with Crippen molar-refractivity contribution in [2.75, 3.05) is 6.54 Å². The van der Waals surface area contributed by atoms with Crippen LogP contribution in [0.15, 0.2) is 61.3 Å². The Morgan fingerprint density at radius 3 is 2.87 bits per heavy atom. The average Bonchev–Trinajstić information content (AvgIpc) is 3.45. The second-order valence-electron chi connectivity index (χ2n) is 8.15. The summed E-state index contributed by atoms with van der Waals surface area (Å²) in [7, 11) is 0. The van der Waals surface area contributed by atoms with Gasteiger partial charge < -0.3 is 9.88 Å². The van der Waals surface area contributed by atoms with Crippen molar-refractivity contribution in [1.82, 2.24) is 24.8 Å². The van der Waals surface area contributed by atoms with Crippen molar-refractivity contribution in [3.05, 3.63) is 78.3 Å². The van der Waals surface area contributed by atoms with Crippen LogP contribution in [0.5, 0.6) is 0 Å². The predicted octanol–water partition coefficient (Wildman–Crippen LogP) is 4.62. The molecular weight excluding hydrogens is 386 g/mol. The van der Waals surface area contributed by atoms with Gasteiger partial charge in [-0.15, -0.1) is 0 Å². The molecule has 4 aromatic rings. The Balaban J connectivity index is 1.35. The quantitative estimate of drug-likeness (QED) is 0.520. The Hall–Kier alpha value is -3.54. The van der Waals surface area contributed by atoms with Crippen LogP contribution < -0.4 is 0 Å². The highest BCUT2D eigenvalue weighted by Gasteiger charge is 2.31. The summed E-state index contributed by atoms with van der Waals surface area (Å²) in [6.07, 6.45) is 10.4. The Morgan fingerprint density at radius 2 is 2.00 bits per heavy atom. The number of benzene rings is 1. The average molecular weight is 412 g/mol. The Labute approximate surface area is 181 Å². The summed E-state index contributed by atoms with van der Waals surface area (Å²) in [5.74, 6) is 0.195. The fourth-order valence-corrected chi connectivity index (χ4v) is 4.58. The number of hydrogen-bond acceptors (Lipinski definition) is 4. The first-order chi connectivity index (χ1) is 15.2. The standard InChI is InChI=1S/C25H25N5O/c1-17-11-19(20-13-26-16-27-14-20)12-23(29-17)24-7-4-10-30(24)25(31)9-8-18-15-28-22-6-3-2-5-21(18)22/h2-3,5-6,11-16,24,28H,4,7-10H2,1H3/t24-/m1/s1. The van der Waals surface area contributed by atoms with Gasteiger partial charge in [0.15, 0.2) is 0 Å². The van der Waals surface area contributed by atoms with Gasteiger partial charge in [-0.3, -0.25) is 9.78 Å². The van der Waals surface area contributed by atoms with Crippen LogP contribution in [0, 0.1) is 6.92 Å². The maximum Gasteiger partial charge on any atom is 0.223 e. The van der Waals surface area contributed by atoms with Gasteiger partial charge in [-0.05, 0) is 55.5 Å². The number of aromatic nitrogens is 4. The van der Waals surface area contributed by atoms with E-state index in [-0.39, 0.29) is 11.9 Å². The first-order valence-corrected chi connectivity index (χ1v) is 10.8. The number of nitrogens with one attached hydrogen (secondary N) is 1. The zero-order chi connectivity index (χ0) is 21.2. The predicted molar refractivity (Wildman–Crippen MR) is 120 cm³/mol.